The van der Waals surface area contributed by atoms with Gasteiger partial charge in [0.2, 0.25) is 0 Å². The third kappa shape index (κ3) is 1.63. The molecule has 4 nitrogen and oxygen atoms in total. The highest BCUT2D eigenvalue weighted by Crippen LogP contribution is 1.85. The van der Waals surface area contributed by atoms with Gasteiger partial charge in [0.15, 0.2) is 0 Å². The van der Waals surface area contributed by atoms with E-state index in [-0.39, 0.29) is 0 Å². The Morgan fingerprint density at radius 1 is 1.25 bits per heavy atom. The molecule has 1 N–H and O–H groups in total. The Bertz CT molecular complexity index is 95.9. The van der Waals surface area contributed by atoms with Gasteiger partial charge in [-0.15, -0.1) is 0 Å². The molecule has 1 aliphatic rings. The van der Waals surface area contributed by atoms with Crippen LogP contribution in [0.25, 0.3) is 0 Å². The largest absolute Gasteiger partial charge is 0.315 e. The average molecular weight is 115 g/mol. The number of nitrogens with one attached hydrogen (secondary N) is 1. The predicted octanol–water partition coefficient (Wildman–Crippen LogP) is 0.412. The normalized spacial score (nSPS) is 18.0. The van der Waals surface area contributed by atoms with Crippen LogP contribution in [0.5, 0.6) is 0 Å². The van der Waals surface area contributed by atoms with Crippen molar-refractivity contribution >= 4 is 0 Å². The Balaban J connectivity index is 2.33. The van der Waals surface area contributed by atoms with Crippen molar-refractivity contribution in [3.63, 3.8) is 0 Å². The summed E-state index contributed by atoms with van der Waals surface area (Å²) in [6.07, 6.45) is 6.24. The summed E-state index contributed by atoms with van der Waals surface area (Å²) in [4.78, 5) is 8.42. The van der Waals surface area contributed by atoms with E-state index in [1.807, 2.05) is 0 Å². The minimum absolute atomic E-state index is 1.34. The van der Waals surface area contributed by atoms with Crippen LogP contribution in [0.4, 0.5) is 0 Å². The van der Waals surface area contributed by atoms with Crippen molar-refractivity contribution in [2.24, 2.45) is 0 Å². The van der Waals surface area contributed by atoms with Crippen molar-refractivity contribution < 1.29 is 14.9 Å². The van der Waals surface area contributed by atoms with Crippen molar-refractivity contribution in [1.82, 2.24) is 5.48 Å². The molecule has 0 aromatic rings. The van der Waals surface area contributed by atoms with Crippen LogP contribution in [-0.4, -0.2) is 0 Å². The van der Waals surface area contributed by atoms with Crippen LogP contribution < -0.4 is 5.48 Å². The van der Waals surface area contributed by atoms with E-state index >= 15 is 0 Å². The molecular formula is C4H5NO3. The molecule has 0 atom stereocenters. The van der Waals surface area contributed by atoms with Crippen molar-refractivity contribution in [3.05, 3.63) is 24.6 Å². The van der Waals surface area contributed by atoms with Gasteiger partial charge in [0.25, 0.3) is 0 Å². The van der Waals surface area contributed by atoms with E-state index in [2.05, 4.69) is 20.4 Å². The molecule has 0 aliphatic carbocycles. The van der Waals surface area contributed by atoms with E-state index in [1.165, 1.54) is 6.26 Å². The Hall–Kier alpha value is -1.00. The summed E-state index contributed by atoms with van der Waals surface area (Å²) < 4.78 is 0. The van der Waals surface area contributed by atoms with E-state index in [1.54, 1.807) is 18.4 Å². The molecule has 44 valence electrons. The maximum Gasteiger partial charge on any atom is 0.133 e. The van der Waals surface area contributed by atoms with Gasteiger partial charge in [-0.1, -0.05) is 4.99 Å². The number of hydrogen-bond donors (Lipinski definition) is 1. The summed E-state index contributed by atoms with van der Waals surface area (Å²) >= 11 is 0. The molecule has 0 saturated carbocycles. The molecule has 0 unspecified atom stereocenters. The zero-order valence-electron chi connectivity index (χ0n) is 4.03. The molecular weight excluding hydrogens is 110 g/mol. The fraction of sp³-hybridized carbons (Fsp3) is 0. The van der Waals surface area contributed by atoms with Crippen LogP contribution in [0.15, 0.2) is 24.6 Å². The van der Waals surface area contributed by atoms with Gasteiger partial charge < -0.3 is 4.89 Å². The van der Waals surface area contributed by atoms with Gasteiger partial charge in [-0.2, -0.15) is 0 Å². The van der Waals surface area contributed by atoms with E-state index in [4.69, 9.17) is 0 Å². The molecule has 4 heteroatoms. The highest BCUT2D eigenvalue weighted by atomic mass is 17.5. The van der Waals surface area contributed by atoms with Gasteiger partial charge in [0.05, 0.1) is 0 Å². The van der Waals surface area contributed by atoms with Gasteiger partial charge in [0.1, 0.15) is 6.26 Å². The van der Waals surface area contributed by atoms with Crippen molar-refractivity contribution in [2.45, 2.75) is 0 Å². The molecule has 0 aromatic heterocycles. The fourth-order valence-electron chi connectivity index (χ4n) is 0.262. The highest BCUT2D eigenvalue weighted by Gasteiger charge is 1.81. The molecule has 0 spiro atoms. The first kappa shape index (κ1) is 5.14. The first-order valence-corrected chi connectivity index (χ1v) is 2.06. The van der Waals surface area contributed by atoms with Crippen LogP contribution in [0, 0.1) is 0 Å². The van der Waals surface area contributed by atoms with Crippen LogP contribution in [-0.2, 0) is 14.9 Å². The van der Waals surface area contributed by atoms with Gasteiger partial charge in [-0.25, -0.2) is 5.48 Å². The molecule has 0 bridgehead atoms. The number of hydrogen-bond acceptors (Lipinski definition) is 4. The summed E-state index contributed by atoms with van der Waals surface area (Å²) in [5, 5.41) is 4.03. The minimum atomic E-state index is 1.34. The molecule has 0 radical (unpaired) electrons. The topological polar surface area (TPSA) is 39.7 Å². The van der Waals surface area contributed by atoms with E-state index in [0.717, 1.165) is 0 Å². The summed E-state index contributed by atoms with van der Waals surface area (Å²) in [5.74, 6) is 0. The summed E-state index contributed by atoms with van der Waals surface area (Å²) in [7, 11) is 0. The molecule has 0 fully saturated rings. The van der Waals surface area contributed by atoms with Gasteiger partial charge in [0, 0.05) is 11.2 Å². The minimum Gasteiger partial charge on any atom is -0.315 e. The second-order valence-electron chi connectivity index (χ2n) is 1.05. The van der Waals surface area contributed by atoms with E-state index in [0.29, 0.717) is 0 Å². The first-order chi connectivity index (χ1) is 4.00. The fourth-order valence-corrected chi connectivity index (χ4v) is 0.262. The number of hydroxylamine groups is 1. The van der Waals surface area contributed by atoms with Crippen LogP contribution in [0.1, 0.15) is 0 Å². The Morgan fingerprint density at radius 3 is 3.25 bits per heavy atom. The maximum atomic E-state index is 4.26. The third-order valence-electron chi connectivity index (χ3n) is 0.531. The number of allylic oxidation sites excluding steroid dienone is 2. The zero-order chi connectivity index (χ0) is 5.66. The van der Waals surface area contributed by atoms with E-state index < -0.39 is 0 Å². The highest BCUT2D eigenvalue weighted by molar-refractivity contribution is 4.97. The lowest BCUT2D eigenvalue weighted by Gasteiger charge is -1.98. The standard InChI is InChI=1S/C4H5NO3/c1-2-4-6-8-7-5-3-1/h1-5H. The van der Waals surface area contributed by atoms with Crippen LogP contribution in [0.2, 0.25) is 0 Å². The van der Waals surface area contributed by atoms with E-state index in [9.17, 15) is 0 Å². The predicted molar refractivity (Wildman–Crippen MR) is 24.7 cm³/mol. The summed E-state index contributed by atoms with van der Waals surface area (Å²) in [6, 6.07) is 0. The smallest absolute Gasteiger partial charge is 0.133 e. The molecule has 0 aromatic carbocycles. The van der Waals surface area contributed by atoms with Crippen molar-refractivity contribution in [2.75, 3.05) is 0 Å². The molecule has 0 saturated heterocycles. The van der Waals surface area contributed by atoms with Gasteiger partial charge >= 0.3 is 0 Å². The van der Waals surface area contributed by atoms with Gasteiger partial charge in [-0.05, 0) is 12.2 Å². The van der Waals surface area contributed by atoms with Crippen LogP contribution in [0.3, 0.4) is 0 Å². The second-order valence-corrected chi connectivity index (χ2v) is 1.05. The molecule has 1 aliphatic heterocycles. The molecule has 0 amide bonds. The lowest BCUT2D eigenvalue weighted by molar-refractivity contribution is -0.509. The Morgan fingerprint density at radius 2 is 2.25 bits per heavy atom. The lowest BCUT2D eigenvalue weighted by atomic mass is 10.6. The lowest BCUT2D eigenvalue weighted by Crippen LogP contribution is -2.06. The monoisotopic (exact) mass is 115 g/mol. The first-order valence-electron chi connectivity index (χ1n) is 2.06. The van der Waals surface area contributed by atoms with Crippen molar-refractivity contribution in [1.29, 1.82) is 0 Å². The summed E-state index contributed by atoms with van der Waals surface area (Å²) in [5.41, 5.74) is 2.31. The molecule has 1 heterocycles. The zero-order valence-corrected chi connectivity index (χ0v) is 4.03. The maximum absolute atomic E-state index is 4.26. The third-order valence-corrected chi connectivity index (χ3v) is 0.531. The Kier molecular flexibility index (Phi) is 1.97. The summed E-state index contributed by atoms with van der Waals surface area (Å²) in [6.45, 7) is 0. The second kappa shape index (κ2) is 3.06. The van der Waals surface area contributed by atoms with Crippen molar-refractivity contribution in [3.8, 4) is 0 Å². The molecule has 8 heavy (non-hydrogen) atoms. The quantitative estimate of drug-likeness (QED) is 0.464. The van der Waals surface area contributed by atoms with Gasteiger partial charge in [-0.3, -0.25) is 0 Å². The average Bonchev–Trinajstić information content (AvgIpc) is 1.62. The van der Waals surface area contributed by atoms with Crippen LogP contribution >= 0.6 is 0 Å². The number of rotatable bonds is 0. The SMILES string of the molecule is C1=CNOOOC=C1. The Labute approximate surface area is 46.2 Å². The molecule has 1 rings (SSSR count).